The van der Waals surface area contributed by atoms with Crippen LogP contribution in [0.2, 0.25) is 18.1 Å². The standard InChI is InChI=1S/C21H31NO4Si/c1-21(2,3)27(4,5)26-20(24)18-16-12-11-15(22-16)13-17(18)25-19(23)14-9-7-6-8-10-14/h6-10,15-18,22H,11-13H2,1-5H3. The highest BCUT2D eigenvalue weighted by molar-refractivity contribution is 6.75. The molecule has 2 heterocycles. The molecule has 1 aromatic carbocycles. The second-order valence-corrected chi connectivity index (χ2v) is 14.0. The molecule has 1 N–H and O–H groups in total. The summed E-state index contributed by atoms with van der Waals surface area (Å²) in [7, 11) is -2.23. The first kappa shape index (κ1) is 20.1. The van der Waals surface area contributed by atoms with E-state index >= 15 is 0 Å². The van der Waals surface area contributed by atoms with Crippen LogP contribution in [0.15, 0.2) is 30.3 Å². The Morgan fingerprint density at radius 3 is 2.41 bits per heavy atom. The van der Waals surface area contributed by atoms with Crippen molar-refractivity contribution in [3.8, 4) is 0 Å². The third-order valence-corrected chi connectivity index (χ3v) is 10.7. The van der Waals surface area contributed by atoms with Gasteiger partial charge in [0.2, 0.25) is 0 Å². The average molecular weight is 390 g/mol. The lowest BCUT2D eigenvalue weighted by molar-refractivity contribution is -0.147. The van der Waals surface area contributed by atoms with Crippen molar-refractivity contribution in [2.75, 3.05) is 0 Å². The summed E-state index contributed by atoms with van der Waals surface area (Å²) in [6.07, 6.45) is 2.15. The number of carbonyl (C=O) groups is 2. The van der Waals surface area contributed by atoms with Gasteiger partial charge in [-0.3, -0.25) is 4.79 Å². The maximum Gasteiger partial charge on any atom is 0.338 e. The van der Waals surface area contributed by atoms with Crippen molar-refractivity contribution in [1.82, 2.24) is 5.32 Å². The maximum atomic E-state index is 13.2. The highest BCUT2D eigenvalue weighted by atomic mass is 28.4. The molecule has 2 bridgehead atoms. The molecule has 0 aromatic heterocycles. The van der Waals surface area contributed by atoms with E-state index in [1.807, 2.05) is 18.2 Å². The Hall–Kier alpha value is -1.66. The molecule has 3 rings (SSSR count). The molecule has 4 unspecified atom stereocenters. The number of rotatable bonds is 4. The van der Waals surface area contributed by atoms with Gasteiger partial charge in [0.1, 0.15) is 12.0 Å². The number of fused-ring (bicyclic) bond motifs is 2. The van der Waals surface area contributed by atoms with E-state index in [4.69, 9.17) is 9.16 Å². The lowest BCUT2D eigenvalue weighted by atomic mass is 9.89. The van der Waals surface area contributed by atoms with Gasteiger partial charge in [-0.05, 0) is 43.1 Å². The van der Waals surface area contributed by atoms with Gasteiger partial charge in [-0.2, -0.15) is 0 Å². The van der Waals surface area contributed by atoms with E-state index in [1.54, 1.807) is 12.1 Å². The third-order valence-electron chi connectivity index (χ3n) is 6.33. The molecule has 27 heavy (non-hydrogen) atoms. The zero-order valence-electron chi connectivity index (χ0n) is 17.0. The lowest BCUT2D eigenvalue weighted by Crippen LogP contribution is -2.55. The van der Waals surface area contributed by atoms with Crippen molar-refractivity contribution in [2.24, 2.45) is 5.92 Å². The molecule has 6 heteroatoms. The highest BCUT2D eigenvalue weighted by Gasteiger charge is 2.50. The van der Waals surface area contributed by atoms with Gasteiger partial charge >= 0.3 is 11.9 Å². The Morgan fingerprint density at radius 2 is 1.78 bits per heavy atom. The zero-order valence-corrected chi connectivity index (χ0v) is 18.0. The van der Waals surface area contributed by atoms with Gasteiger partial charge in [0.05, 0.1) is 5.56 Å². The van der Waals surface area contributed by atoms with Crippen LogP contribution >= 0.6 is 0 Å². The summed E-state index contributed by atoms with van der Waals surface area (Å²) < 4.78 is 11.9. The van der Waals surface area contributed by atoms with E-state index in [1.165, 1.54) is 0 Å². The fraction of sp³-hybridized carbons (Fsp3) is 0.619. The molecule has 0 aliphatic carbocycles. The van der Waals surface area contributed by atoms with Gasteiger partial charge in [0.15, 0.2) is 0 Å². The largest absolute Gasteiger partial charge is 0.519 e. The summed E-state index contributed by atoms with van der Waals surface area (Å²) in [6.45, 7) is 10.5. The molecule has 4 atom stereocenters. The average Bonchev–Trinajstić information content (AvgIpc) is 2.95. The van der Waals surface area contributed by atoms with Crippen LogP contribution in [0.3, 0.4) is 0 Å². The highest BCUT2D eigenvalue weighted by Crippen LogP contribution is 2.40. The van der Waals surface area contributed by atoms with Gasteiger partial charge in [0, 0.05) is 18.5 Å². The monoisotopic (exact) mass is 389 g/mol. The molecule has 0 amide bonds. The van der Waals surface area contributed by atoms with E-state index < -0.39 is 20.3 Å². The quantitative estimate of drug-likeness (QED) is 0.625. The van der Waals surface area contributed by atoms with Crippen molar-refractivity contribution in [2.45, 2.75) is 76.4 Å². The number of ether oxygens (including phenoxy) is 1. The summed E-state index contributed by atoms with van der Waals surface area (Å²) >= 11 is 0. The van der Waals surface area contributed by atoms with Gasteiger partial charge in [-0.1, -0.05) is 39.0 Å². The number of carbonyl (C=O) groups excluding carboxylic acids is 2. The van der Waals surface area contributed by atoms with Crippen LogP contribution in [0.1, 0.15) is 50.4 Å². The van der Waals surface area contributed by atoms with E-state index in [0.717, 1.165) is 12.8 Å². The molecular formula is C21H31NO4Si. The predicted molar refractivity (Wildman–Crippen MR) is 107 cm³/mol. The molecule has 1 aromatic rings. The Morgan fingerprint density at radius 1 is 1.11 bits per heavy atom. The van der Waals surface area contributed by atoms with Crippen molar-refractivity contribution in [1.29, 1.82) is 0 Å². The molecule has 2 saturated heterocycles. The number of esters is 1. The zero-order chi connectivity index (χ0) is 19.8. The minimum atomic E-state index is -2.23. The van der Waals surface area contributed by atoms with Crippen molar-refractivity contribution in [3.05, 3.63) is 35.9 Å². The molecule has 2 fully saturated rings. The van der Waals surface area contributed by atoms with Gasteiger partial charge in [-0.15, -0.1) is 0 Å². The number of piperidine rings is 1. The minimum Gasteiger partial charge on any atom is -0.519 e. The summed E-state index contributed by atoms with van der Waals surface area (Å²) in [6, 6.07) is 9.29. The summed E-state index contributed by atoms with van der Waals surface area (Å²) in [5.41, 5.74) is 0.514. The Kier molecular flexibility index (Phi) is 5.50. The smallest absolute Gasteiger partial charge is 0.338 e. The number of benzene rings is 1. The molecular weight excluding hydrogens is 358 g/mol. The summed E-state index contributed by atoms with van der Waals surface area (Å²) in [5.74, 6) is -1.03. The molecule has 2 aliphatic rings. The van der Waals surface area contributed by atoms with Gasteiger partial charge in [0.25, 0.3) is 8.32 Å². The number of nitrogens with one attached hydrogen (secondary N) is 1. The Labute approximate surface area is 162 Å². The van der Waals surface area contributed by atoms with Crippen molar-refractivity contribution in [3.63, 3.8) is 0 Å². The first-order valence-electron chi connectivity index (χ1n) is 9.83. The first-order chi connectivity index (χ1) is 12.6. The fourth-order valence-electron chi connectivity index (χ4n) is 3.70. The molecule has 5 nitrogen and oxygen atoms in total. The molecule has 0 spiro atoms. The lowest BCUT2D eigenvalue weighted by Gasteiger charge is -2.40. The Bertz CT molecular complexity index is 698. The van der Waals surface area contributed by atoms with Gasteiger partial charge < -0.3 is 14.5 Å². The van der Waals surface area contributed by atoms with Gasteiger partial charge in [-0.25, -0.2) is 4.79 Å². The van der Waals surface area contributed by atoms with E-state index in [2.05, 4.69) is 39.2 Å². The van der Waals surface area contributed by atoms with Crippen LogP contribution in [0.4, 0.5) is 0 Å². The SMILES string of the molecule is CC(C)(C)[Si](C)(C)OC(=O)C1C2CCC(CC1OC(=O)c1ccccc1)N2. The minimum absolute atomic E-state index is 0.0228. The van der Waals surface area contributed by atoms with Crippen LogP contribution in [-0.2, 0) is 14.0 Å². The summed E-state index contributed by atoms with van der Waals surface area (Å²) in [5, 5.41) is 3.46. The van der Waals surface area contributed by atoms with E-state index in [-0.39, 0.29) is 23.0 Å². The van der Waals surface area contributed by atoms with Crippen molar-refractivity contribution < 1.29 is 18.8 Å². The first-order valence-corrected chi connectivity index (χ1v) is 12.7. The van der Waals surface area contributed by atoms with E-state index in [9.17, 15) is 9.59 Å². The third kappa shape index (κ3) is 4.27. The number of hydrogen-bond acceptors (Lipinski definition) is 5. The molecule has 0 saturated carbocycles. The van der Waals surface area contributed by atoms with Crippen LogP contribution in [0.5, 0.6) is 0 Å². The van der Waals surface area contributed by atoms with Crippen LogP contribution in [0, 0.1) is 5.92 Å². The van der Waals surface area contributed by atoms with Crippen LogP contribution in [-0.4, -0.2) is 38.4 Å². The molecule has 148 valence electrons. The van der Waals surface area contributed by atoms with Crippen LogP contribution < -0.4 is 5.32 Å². The number of hydrogen-bond donors (Lipinski definition) is 1. The normalized spacial score (nSPS) is 27.9. The summed E-state index contributed by atoms with van der Waals surface area (Å²) in [4.78, 5) is 25.7. The molecule has 0 radical (unpaired) electrons. The fourth-order valence-corrected chi connectivity index (χ4v) is 4.64. The second-order valence-electron chi connectivity index (χ2n) is 9.30. The molecule has 2 aliphatic heterocycles. The predicted octanol–water partition coefficient (Wildman–Crippen LogP) is 3.90. The topological polar surface area (TPSA) is 64.6 Å². The maximum absolute atomic E-state index is 13.2. The Balaban J connectivity index is 1.77. The van der Waals surface area contributed by atoms with Crippen LogP contribution in [0.25, 0.3) is 0 Å². The second kappa shape index (κ2) is 7.39. The van der Waals surface area contributed by atoms with Crippen molar-refractivity contribution >= 4 is 20.3 Å². The van der Waals surface area contributed by atoms with E-state index in [0.29, 0.717) is 18.0 Å².